The maximum Gasteiger partial charge on any atom is 0.199 e. The van der Waals surface area contributed by atoms with Gasteiger partial charge >= 0.3 is 0 Å². The summed E-state index contributed by atoms with van der Waals surface area (Å²) in [6.07, 6.45) is 5.75. The average molecular weight is 380 g/mol. The molecule has 0 amide bonds. The number of anilines is 1. The smallest absolute Gasteiger partial charge is 0.199 e. The summed E-state index contributed by atoms with van der Waals surface area (Å²) in [4.78, 5) is 11.3. The van der Waals surface area contributed by atoms with Gasteiger partial charge in [-0.15, -0.1) is 12.4 Å². The predicted molar refractivity (Wildman–Crippen MR) is 98.7 cm³/mol. The molecule has 140 valence electrons. The number of hydrogen-bond donors (Lipinski definition) is 2. The number of nitrogens with two attached hydrogens (primary N) is 1. The standard InChI is InChI=1S/C16H21N7O2.ClH/c1-2-23-14-10(8-22-5-3-4-11(22)9-24)6-18-7-12(14)19-16(23)13-15(17)21-25-20-13;/h6-7,11,24H,2-5,8-9H2,1H3,(H2,17,21);1H/t11-;/m0./s1. The molecule has 3 N–H and O–H groups in total. The molecule has 1 fully saturated rings. The lowest BCUT2D eigenvalue weighted by molar-refractivity contribution is 0.154. The van der Waals surface area contributed by atoms with Crippen LogP contribution >= 0.6 is 12.4 Å². The Morgan fingerprint density at radius 2 is 2.19 bits per heavy atom. The number of imidazole rings is 1. The van der Waals surface area contributed by atoms with Crippen LogP contribution in [0, 0.1) is 0 Å². The van der Waals surface area contributed by atoms with Gasteiger partial charge in [0.2, 0.25) is 0 Å². The highest BCUT2D eigenvalue weighted by molar-refractivity contribution is 5.85. The van der Waals surface area contributed by atoms with E-state index in [0.717, 1.165) is 42.5 Å². The summed E-state index contributed by atoms with van der Waals surface area (Å²) in [7, 11) is 0. The van der Waals surface area contributed by atoms with Crippen molar-refractivity contribution in [2.24, 2.45) is 0 Å². The number of aliphatic hydroxyl groups excluding tert-OH is 1. The molecule has 0 saturated carbocycles. The molecule has 0 radical (unpaired) electrons. The van der Waals surface area contributed by atoms with Gasteiger partial charge in [-0.2, -0.15) is 0 Å². The molecule has 0 unspecified atom stereocenters. The highest BCUT2D eigenvalue weighted by atomic mass is 35.5. The monoisotopic (exact) mass is 379 g/mol. The van der Waals surface area contributed by atoms with Crippen LogP contribution in [-0.4, -0.2) is 54.0 Å². The highest BCUT2D eigenvalue weighted by Crippen LogP contribution is 2.29. The fourth-order valence-corrected chi connectivity index (χ4v) is 3.64. The van der Waals surface area contributed by atoms with Gasteiger partial charge in [-0.1, -0.05) is 0 Å². The molecule has 0 bridgehead atoms. The van der Waals surface area contributed by atoms with Crippen LogP contribution in [0.1, 0.15) is 25.3 Å². The molecule has 1 atom stereocenters. The summed E-state index contributed by atoms with van der Waals surface area (Å²) in [5.41, 5.74) is 9.17. The van der Waals surface area contributed by atoms with Crippen molar-refractivity contribution in [2.45, 2.75) is 38.9 Å². The van der Waals surface area contributed by atoms with E-state index in [4.69, 9.17) is 10.4 Å². The third-order valence-corrected chi connectivity index (χ3v) is 4.85. The zero-order chi connectivity index (χ0) is 17.4. The zero-order valence-electron chi connectivity index (χ0n) is 14.5. The van der Waals surface area contributed by atoms with Gasteiger partial charge in [-0.05, 0) is 36.6 Å². The molecule has 3 aromatic rings. The summed E-state index contributed by atoms with van der Waals surface area (Å²) < 4.78 is 6.79. The van der Waals surface area contributed by atoms with E-state index < -0.39 is 0 Å². The van der Waals surface area contributed by atoms with Crippen molar-refractivity contribution in [3.63, 3.8) is 0 Å². The van der Waals surface area contributed by atoms with Crippen LogP contribution in [0.25, 0.3) is 22.6 Å². The van der Waals surface area contributed by atoms with Crippen molar-refractivity contribution in [3.8, 4) is 11.5 Å². The first-order chi connectivity index (χ1) is 12.2. The Bertz CT molecular complexity index is 894. The quantitative estimate of drug-likeness (QED) is 0.683. The second kappa shape index (κ2) is 7.56. The van der Waals surface area contributed by atoms with E-state index in [-0.39, 0.29) is 30.9 Å². The SMILES string of the molecule is CCn1c(-c2nonc2N)nc2cncc(CN3CCC[C@H]3CO)c21.Cl. The maximum absolute atomic E-state index is 9.57. The summed E-state index contributed by atoms with van der Waals surface area (Å²) in [5.74, 6) is 0.852. The van der Waals surface area contributed by atoms with Crippen molar-refractivity contribution < 1.29 is 9.74 Å². The average Bonchev–Trinajstić information content (AvgIpc) is 3.32. The molecule has 4 rings (SSSR count). The van der Waals surface area contributed by atoms with Crippen molar-refractivity contribution in [2.75, 3.05) is 18.9 Å². The predicted octanol–water partition coefficient (Wildman–Crippen LogP) is 1.46. The van der Waals surface area contributed by atoms with Crippen molar-refractivity contribution in [1.29, 1.82) is 0 Å². The number of aromatic nitrogens is 5. The molecule has 4 heterocycles. The van der Waals surface area contributed by atoms with Crippen LogP contribution in [-0.2, 0) is 13.1 Å². The lowest BCUT2D eigenvalue weighted by Gasteiger charge is -2.23. The lowest BCUT2D eigenvalue weighted by atomic mass is 10.2. The number of aryl methyl sites for hydroxylation is 1. The minimum absolute atomic E-state index is 0. The molecular formula is C16H22ClN7O2. The van der Waals surface area contributed by atoms with E-state index in [9.17, 15) is 5.11 Å². The third-order valence-electron chi connectivity index (χ3n) is 4.85. The number of hydrogen-bond acceptors (Lipinski definition) is 8. The Morgan fingerprint density at radius 1 is 1.35 bits per heavy atom. The van der Waals surface area contributed by atoms with E-state index in [2.05, 4.69) is 29.7 Å². The molecule has 3 aromatic heterocycles. The van der Waals surface area contributed by atoms with Gasteiger partial charge < -0.3 is 15.4 Å². The Balaban J connectivity index is 0.00000196. The summed E-state index contributed by atoms with van der Waals surface area (Å²) in [5, 5.41) is 17.1. The van der Waals surface area contributed by atoms with Crippen molar-refractivity contribution >= 4 is 29.3 Å². The third kappa shape index (κ3) is 3.02. The molecule has 26 heavy (non-hydrogen) atoms. The van der Waals surface area contributed by atoms with Gasteiger partial charge in [0.1, 0.15) is 5.52 Å². The number of nitrogens with zero attached hydrogens (tertiary/aromatic N) is 6. The Hall–Kier alpha value is -2.23. The van der Waals surface area contributed by atoms with Crippen molar-refractivity contribution in [1.82, 2.24) is 29.7 Å². The number of likely N-dealkylation sites (tertiary alicyclic amines) is 1. The largest absolute Gasteiger partial charge is 0.395 e. The second-order valence-electron chi connectivity index (χ2n) is 6.29. The van der Waals surface area contributed by atoms with E-state index in [1.165, 1.54) is 0 Å². The topological polar surface area (TPSA) is 119 Å². The molecule has 1 aliphatic heterocycles. The Labute approximate surface area is 156 Å². The second-order valence-corrected chi connectivity index (χ2v) is 6.29. The number of halogens is 1. The maximum atomic E-state index is 9.57. The van der Waals surface area contributed by atoms with Gasteiger partial charge in [0.05, 0.1) is 18.3 Å². The van der Waals surface area contributed by atoms with E-state index in [1.54, 1.807) is 6.20 Å². The Kier molecular flexibility index (Phi) is 5.40. The fraction of sp³-hybridized carbons (Fsp3) is 0.500. The van der Waals surface area contributed by atoms with Crippen molar-refractivity contribution in [3.05, 3.63) is 18.0 Å². The number of fused-ring (bicyclic) bond motifs is 1. The number of aliphatic hydroxyl groups is 1. The van der Waals surface area contributed by atoms with E-state index >= 15 is 0 Å². The molecule has 0 aliphatic carbocycles. The molecule has 0 aromatic carbocycles. The number of pyridine rings is 1. The zero-order valence-corrected chi connectivity index (χ0v) is 15.3. The highest BCUT2D eigenvalue weighted by Gasteiger charge is 2.26. The minimum atomic E-state index is 0. The van der Waals surface area contributed by atoms with E-state index in [0.29, 0.717) is 18.1 Å². The van der Waals surface area contributed by atoms with Gasteiger partial charge in [-0.25, -0.2) is 9.61 Å². The van der Waals surface area contributed by atoms with Crippen LogP contribution in [0.3, 0.4) is 0 Å². The van der Waals surface area contributed by atoms with E-state index in [1.807, 2.05) is 13.1 Å². The number of nitrogen functional groups attached to an aromatic ring is 1. The number of rotatable bonds is 5. The van der Waals surface area contributed by atoms with Crippen LogP contribution in [0.5, 0.6) is 0 Å². The van der Waals surface area contributed by atoms with Crippen LogP contribution < -0.4 is 5.73 Å². The first kappa shape index (κ1) is 18.6. The molecule has 9 nitrogen and oxygen atoms in total. The summed E-state index contributed by atoms with van der Waals surface area (Å²) in [6, 6.07) is 0.211. The lowest BCUT2D eigenvalue weighted by Crippen LogP contribution is -2.31. The normalized spacial score (nSPS) is 17.7. The van der Waals surface area contributed by atoms with Crippen LogP contribution in [0.4, 0.5) is 5.82 Å². The molecule has 10 heteroatoms. The van der Waals surface area contributed by atoms with Gasteiger partial charge in [0.25, 0.3) is 0 Å². The van der Waals surface area contributed by atoms with Gasteiger partial charge in [0, 0.05) is 30.9 Å². The van der Waals surface area contributed by atoms with Crippen LogP contribution in [0.15, 0.2) is 17.0 Å². The van der Waals surface area contributed by atoms with Gasteiger partial charge in [-0.3, -0.25) is 9.88 Å². The molecule has 1 saturated heterocycles. The Morgan fingerprint density at radius 3 is 2.88 bits per heavy atom. The first-order valence-corrected chi connectivity index (χ1v) is 8.49. The van der Waals surface area contributed by atoms with Gasteiger partial charge in [0.15, 0.2) is 17.3 Å². The fourth-order valence-electron chi connectivity index (χ4n) is 3.64. The van der Waals surface area contributed by atoms with Crippen LogP contribution in [0.2, 0.25) is 0 Å². The molecule has 1 aliphatic rings. The molecule has 0 spiro atoms. The molecular weight excluding hydrogens is 358 g/mol. The summed E-state index contributed by atoms with van der Waals surface area (Å²) in [6.45, 7) is 4.65. The minimum Gasteiger partial charge on any atom is -0.395 e. The first-order valence-electron chi connectivity index (χ1n) is 8.49. The summed E-state index contributed by atoms with van der Waals surface area (Å²) >= 11 is 0.